The van der Waals surface area contributed by atoms with Gasteiger partial charge in [-0.15, -0.1) is 0 Å². The van der Waals surface area contributed by atoms with Gasteiger partial charge >= 0.3 is 0 Å². The molecule has 2 aromatic carbocycles. The van der Waals surface area contributed by atoms with E-state index in [1.54, 1.807) is 30.3 Å². The molecule has 0 saturated carbocycles. The number of hydrogen-bond acceptors (Lipinski definition) is 6. The van der Waals surface area contributed by atoms with Crippen LogP contribution in [-0.2, 0) is 26.2 Å². The number of nitrogens with one attached hydrogen (secondary N) is 1. The van der Waals surface area contributed by atoms with Crippen LogP contribution in [0.3, 0.4) is 0 Å². The molecule has 1 atom stereocenters. The predicted octanol–water partition coefficient (Wildman–Crippen LogP) is 3.21. The Balaban J connectivity index is 1.76. The number of nitrogens with zero attached hydrogens (tertiary/aromatic N) is 2. The molecule has 0 unspecified atom stereocenters. The summed E-state index contributed by atoms with van der Waals surface area (Å²) in [4.78, 5) is 27.4. The van der Waals surface area contributed by atoms with Crippen molar-refractivity contribution in [3.63, 3.8) is 0 Å². The standard InChI is InChI=1S/C25H32ClN3O6S/c1-4-21(25(31)27-2)28(17-18-8-5-6-9-20(18)26)24(30)10-7-13-29(36(3,32)33)19-11-12-22-23(16-19)35-15-14-34-22/h5-6,8-9,11-12,16,21H,4,7,10,13-15,17H2,1-3H3,(H,27,31)/t21-/m0/s1. The van der Waals surface area contributed by atoms with Crippen LogP contribution in [0.25, 0.3) is 0 Å². The van der Waals surface area contributed by atoms with Gasteiger partial charge < -0.3 is 19.7 Å². The molecule has 0 radical (unpaired) electrons. The highest BCUT2D eigenvalue weighted by molar-refractivity contribution is 7.92. The van der Waals surface area contributed by atoms with E-state index in [1.807, 2.05) is 19.1 Å². The molecule has 0 spiro atoms. The van der Waals surface area contributed by atoms with Crippen molar-refractivity contribution in [3.05, 3.63) is 53.1 Å². The van der Waals surface area contributed by atoms with E-state index in [1.165, 1.54) is 16.3 Å². The summed E-state index contributed by atoms with van der Waals surface area (Å²) < 4.78 is 37.5. The van der Waals surface area contributed by atoms with Crippen LogP contribution < -0.4 is 19.1 Å². The lowest BCUT2D eigenvalue weighted by Crippen LogP contribution is -2.48. The first-order valence-electron chi connectivity index (χ1n) is 11.8. The van der Waals surface area contributed by atoms with Crippen molar-refractivity contribution in [1.82, 2.24) is 10.2 Å². The fourth-order valence-electron chi connectivity index (χ4n) is 4.09. The fourth-order valence-corrected chi connectivity index (χ4v) is 5.24. The number of sulfonamides is 1. The van der Waals surface area contributed by atoms with Crippen LogP contribution in [0.5, 0.6) is 11.5 Å². The number of amides is 2. The lowest BCUT2D eigenvalue weighted by Gasteiger charge is -2.31. The van der Waals surface area contributed by atoms with Gasteiger partial charge in [-0.3, -0.25) is 13.9 Å². The van der Waals surface area contributed by atoms with Crippen LogP contribution >= 0.6 is 11.6 Å². The zero-order valence-corrected chi connectivity index (χ0v) is 22.3. The molecular weight excluding hydrogens is 506 g/mol. The minimum absolute atomic E-state index is 0.0501. The number of rotatable bonds is 11. The first-order valence-corrected chi connectivity index (χ1v) is 14.0. The number of fused-ring (bicyclic) bond motifs is 1. The van der Waals surface area contributed by atoms with E-state index >= 15 is 0 Å². The monoisotopic (exact) mass is 537 g/mol. The minimum Gasteiger partial charge on any atom is -0.486 e. The zero-order valence-electron chi connectivity index (χ0n) is 20.7. The van der Waals surface area contributed by atoms with Gasteiger partial charge in [0.2, 0.25) is 21.8 Å². The maximum absolute atomic E-state index is 13.3. The summed E-state index contributed by atoms with van der Waals surface area (Å²) in [5.74, 6) is 0.502. The molecular formula is C25H32ClN3O6S. The minimum atomic E-state index is -3.62. The van der Waals surface area contributed by atoms with E-state index in [9.17, 15) is 18.0 Å². The normalized spacial score (nSPS) is 13.6. The molecule has 0 fully saturated rings. The predicted molar refractivity (Wildman–Crippen MR) is 139 cm³/mol. The average molecular weight is 538 g/mol. The maximum Gasteiger partial charge on any atom is 0.242 e. The second-order valence-corrected chi connectivity index (χ2v) is 10.7. The van der Waals surface area contributed by atoms with Crippen LogP contribution in [0.4, 0.5) is 5.69 Å². The molecule has 0 aromatic heterocycles. The Bertz CT molecular complexity index is 1190. The molecule has 1 N–H and O–H groups in total. The van der Waals surface area contributed by atoms with Gasteiger partial charge in [0.15, 0.2) is 11.5 Å². The third-order valence-corrected chi connectivity index (χ3v) is 7.46. The molecule has 36 heavy (non-hydrogen) atoms. The van der Waals surface area contributed by atoms with Gasteiger partial charge in [0.1, 0.15) is 19.3 Å². The third-order valence-electron chi connectivity index (χ3n) is 5.90. The van der Waals surface area contributed by atoms with Crippen LogP contribution in [0.1, 0.15) is 31.7 Å². The number of carbonyl (C=O) groups excluding carboxylic acids is 2. The van der Waals surface area contributed by atoms with Crippen molar-refractivity contribution in [2.45, 2.75) is 38.8 Å². The lowest BCUT2D eigenvalue weighted by molar-refractivity contribution is -0.141. The van der Waals surface area contributed by atoms with Crippen LogP contribution in [0.2, 0.25) is 5.02 Å². The smallest absolute Gasteiger partial charge is 0.242 e. The fraction of sp³-hybridized carbons (Fsp3) is 0.440. The van der Waals surface area contributed by atoms with Crippen molar-refractivity contribution < 1.29 is 27.5 Å². The highest BCUT2D eigenvalue weighted by Gasteiger charge is 2.29. The Hall–Kier alpha value is -2.98. The van der Waals surface area contributed by atoms with Gasteiger partial charge in [0.05, 0.1) is 11.9 Å². The van der Waals surface area contributed by atoms with Gasteiger partial charge in [-0.05, 0) is 36.6 Å². The molecule has 196 valence electrons. The van der Waals surface area contributed by atoms with Crippen molar-refractivity contribution in [2.24, 2.45) is 0 Å². The molecule has 2 amide bonds. The molecule has 2 aromatic rings. The molecule has 0 aliphatic carbocycles. The zero-order chi connectivity index (χ0) is 26.3. The average Bonchev–Trinajstić information content (AvgIpc) is 2.86. The highest BCUT2D eigenvalue weighted by atomic mass is 35.5. The van der Waals surface area contributed by atoms with E-state index < -0.39 is 16.1 Å². The van der Waals surface area contributed by atoms with Gasteiger partial charge in [-0.2, -0.15) is 0 Å². The molecule has 1 heterocycles. The number of benzene rings is 2. The number of likely N-dealkylation sites (N-methyl/N-ethyl adjacent to an activating group) is 1. The first kappa shape index (κ1) is 27.6. The summed E-state index contributed by atoms with van der Waals surface area (Å²) >= 11 is 6.32. The molecule has 0 bridgehead atoms. The van der Waals surface area contributed by atoms with Gasteiger partial charge in [0.25, 0.3) is 0 Å². The maximum atomic E-state index is 13.3. The molecule has 3 rings (SSSR count). The van der Waals surface area contributed by atoms with E-state index in [0.29, 0.717) is 41.8 Å². The summed E-state index contributed by atoms with van der Waals surface area (Å²) in [6, 6.07) is 11.4. The third kappa shape index (κ3) is 6.82. The second kappa shape index (κ2) is 12.3. The van der Waals surface area contributed by atoms with Crippen LogP contribution in [-0.4, -0.2) is 64.2 Å². The van der Waals surface area contributed by atoms with Gasteiger partial charge in [-0.25, -0.2) is 8.42 Å². The highest BCUT2D eigenvalue weighted by Crippen LogP contribution is 2.34. The Labute approximate surface area is 217 Å². The van der Waals surface area contributed by atoms with Crippen molar-refractivity contribution in [3.8, 4) is 11.5 Å². The Morgan fingerprint density at radius 1 is 1.11 bits per heavy atom. The lowest BCUT2D eigenvalue weighted by atomic mass is 10.1. The largest absolute Gasteiger partial charge is 0.486 e. The van der Waals surface area contributed by atoms with Crippen LogP contribution in [0.15, 0.2) is 42.5 Å². The van der Waals surface area contributed by atoms with E-state index in [2.05, 4.69) is 5.32 Å². The molecule has 1 aliphatic heterocycles. The molecule has 11 heteroatoms. The van der Waals surface area contributed by atoms with E-state index in [-0.39, 0.29) is 37.7 Å². The number of hydrogen-bond donors (Lipinski definition) is 1. The number of anilines is 1. The number of carbonyl (C=O) groups is 2. The quantitative estimate of drug-likeness (QED) is 0.472. The summed E-state index contributed by atoms with van der Waals surface area (Å²) in [7, 11) is -2.10. The van der Waals surface area contributed by atoms with Crippen molar-refractivity contribution >= 4 is 39.1 Å². The second-order valence-electron chi connectivity index (χ2n) is 8.42. The summed E-state index contributed by atoms with van der Waals surface area (Å²) in [5.41, 5.74) is 1.16. The number of ether oxygens (including phenoxy) is 2. The first-order chi connectivity index (χ1) is 17.2. The SMILES string of the molecule is CC[C@@H](C(=O)NC)N(Cc1ccccc1Cl)C(=O)CCCN(c1ccc2c(c1)OCCO2)S(C)(=O)=O. The number of halogens is 1. The molecule has 0 saturated heterocycles. The van der Waals surface area contributed by atoms with Gasteiger partial charge in [0, 0.05) is 37.6 Å². The Morgan fingerprint density at radius 3 is 2.44 bits per heavy atom. The molecule has 9 nitrogen and oxygen atoms in total. The summed E-state index contributed by atoms with van der Waals surface area (Å²) in [6.07, 6.45) is 1.84. The molecule has 1 aliphatic rings. The summed E-state index contributed by atoms with van der Waals surface area (Å²) in [6.45, 7) is 2.90. The topological polar surface area (TPSA) is 105 Å². The van der Waals surface area contributed by atoms with Crippen LogP contribution in [0, 0.1) is 0 Å². The Morgan fingerprint density at radius 2 is 1.81 bits per heavy atom. The van der Waals surface area contributed by atoms with Crippen molar-refractivity contribution in [1.29, 1.82) is 0 Å². The van der Waals surface area contributed by atoms with Gasteiger partial charge in [-0.1, -0.05) is 36.7 Å². The Kier molecular flexibility index (Phi) is 9.44. The summed E-state index contributed by atoms with van der Waals surface area (Å²) in [5, 5.41) is 3.12. The van der Waals surface area contributed by atoms with Crippen molar-refractivity contribution in [2.75, 3.05) is 37.4 Å². The van der Waals surface area contributed by atoms with E-state index in [0.717, 1.165) is 11.8 Å². The van der Waals surface area contributed by atoms with E-state index in [4.69, 9.17) is 21.1 Å².